The van der Waals surface area contributed by atoms with E-state index in [0.29, 0.717) is 0 Å². The number of hydrogen-bond acceptors (Lipinski definition) is 4. The number of hydrogen-bond donors (Lipinski definition) is 0. The maximum absolute atomic E-state index is 2.36. The maximum atomic E-state index is 2.36. The van der Waals surface area contributed by atoms with Crippen LogP contribution in [0.5, 0.6) is 0 Å². The Kier molecular flexibility index (Phi) is 6.22. The SMILES string of the molecule is CN(C)c1ccc2cc3ccc(N(C)C)cc3c(-c3c4cc(N(C)C)ccc4cc4ccc(N(C)C)cc34)c2c1. The van der Waals surface area contributed by atoms with E-state index in [9.17, 15) is 0 Å². The lowest BCUT2D eigenvalue weighted by Gasteiger charge is -2.22. The first-order chi connectivity index (χ1) is 19.1. The van der Waals surface area contributed by atoms with Crippen molar-refractivity contribution < 1.29 is 0 Å². The average Bonchev–Trinajstić information content (AvgIpc) is 2.93. The molecule has 0 aromatic heterocycles. The highest BCUT2D eigenvalue weighted by Gasteiger charge is 2.19. The normalized spacial score (nSPS) is 11.5. The van der Waals surface area contributed by atoms with Crippen LogP contribution < -0.4 is 19.6 Å². The zero-order valence-electron chi connectivity index (χ0n) is 24.9. The Balaban J connectivity index is 1.90. The van der Waals surface area contributed by atoms with E-state index >= 15 is 0 Å². The molecule has 0 aliphatic heterocycles. The molecule has 6 rings (SSSR count). The predicted molar refractivity (Wildman–Crippen MR) is 179 cm³/mol. The fraction of sp³-hybridized carbons (Fsp3) is 0.222. The van der Waals surface area contributed by atoms with Crippen molar-refractivity contribution in [3.8, 4) is 11.1 Å². The van der Waals surface area contributed by atoms with Gasteiger partial charge in [-0.05, 0) is 115 Å². The summed E-state index contributed by atoms with van der Waals surface area (Å²) in [6, 6.07) is 32.1. The molecule has 0 bridgehead atoms. The average molecular weight is 527 g/mol. The van der Waals surface area contributed by atoms with Gasteiger partial charge in [0, 0.05) is 79.1 Å². The summed E-state index contributed by atoms with van der Waals surface area (Å²) in [5.41, 5.74) is 7.38. The molecule has 4 heteroatoms. The van der Waals surface area contributed by atoms with E-state index < -0.39 is 0 Å². The highest BCUT2D eigenvalue weighted by atomic mass is 15.1. The minimum atomic E-state index is 1.20. The van der Waals surface area contributed by atoms with E-state index in [1.807, 2.05) is 0 Å². The van der Waals surface area contributed by atoms with Gasteiger partial charge in [0.15, 0.2) is 0 Å². The molecule has 6 aromatic rings. The van der Waals surface area contributed by atoms with Gasteiger partial charge in [0.1, 0.15) is 0 Å². The zero-order valence-corrected chi connectivity index (χ0v) is 24.9. The second-order valence-electron chi connectivity index (χ2n) is 11.7. The van der Waals surface area contributed by atoms with E-state index in [1.165, 1.54) is 77.0 Å². The third-order valence-electron chi connectivity index (χ3n) is 8.16. The molecule has 202 valence electrons. The van der Waals surface area contributed by atoms with Gasteiger partial charge in [-0.3, -0.25) is 0 Å². The number of rotatable bonds is 5. The Morgan fingerprint density at radius 1 is 0.300 bits per heavy atom. The van der Waals surface area contributed by atoms with Gasteiger partial charge in [0.2, 0.25) is 0 Å². The molecule has 0 saturated carbocycles. The molecule has 4 nitrogen and oxygen atoms in total. The van der Waals surface area contributed by atoms with E-state index in [0.717, 1.165) is 0 Å². The van der Waals surface area contributed by atoms with Crippen molar-refractivity contribution in [2.75, 3.05) is 76.0 Å². The Bertz CT molecular complexity index is 1640. The molecule has 0 fully saturated rings. The lowest BCUT2D eigenvalue weighted by molar-refractivity contribution is 1.13. The molecule has 0 atom stereocenters. The van der Waals surface area contributed by atoms with E-state index in [2.05, 4.69) is 161 Å². The standard InChI is InChI=1S/C36H38N4/c1-37(2)27-13-9-23-17-24-10-14-28(38(3)4)20-32(24)35(31(23)19-27)36-33-21-29(39(5)6)15-11-25(33)18-26-12-16-30(40(7)8)22-34(26)36/h9-22H,1-8H3. The number of benzene rings is 6. The molecular formula is C36H38N4. The number of anilines is 4. The third kappa shape index (κ3) is 4.24. The van der Waals surface area contributed by atoms with Crippen molar-refractivity contribution >= 4 is 65.8 Å². The lowest BCUT2D eigenvalue weighted by atomic mass is 9.85. The van der Waals surface area contributed by atoms with E-state index in [-0.39, 0.29) is 0 Å². The highest BCUT2D eigenvalue weighted by Crippen LogP contribution is 2.46. The summed E-state index contributed by atoms with van der Waals surface area (Å²) in [6.07, 6.45) is 0. The Morgan fingerprint density at radius 3 is 0.725 bits per heavy atom. The minimum absolute atomic E-state index is 1.20. The summed E-state index contributed by atoms with van der Waals surface area (Å²) < 4.78 is 0. The first-order valence-corrected chi connectivity index (χ1v) is 13.8. The van der Waals surface area contributed by atoms with Crippen LogP contribution in [-0.4, -0.2) is 56.4 Å². The molecule has 0 N–H and O–H groups in total. The Hall–Kier alpha value is -4.44. The highest BCUT2D eigenvalue weighted by molar-refractivity contribution is 6.24. The largest absolute Gasteiger partial charge is 0.378 e. The summed E-state index contributed by atoms with van der Waals surface area (Å²) in [5, 5.41) is 10.1. The first-order valence-electron chi connectivity index (χ1n) is 13.8. The van der Waals surface area contributed by atoms with Gasteiger partial charge in [-0.25, -0.2) is 0 Å². The van der Waals surface area contributed by atoms with Crippen molar-refractivity contribution in [1.29, 1.82) is 0 Å². The van der Waals surface area contributed by atoms with Crippen molar-refractivity contribution in [1.82, 2.24) is 0 Å². The van der Waals surface area contributed by atoms with E-state index in [1.54, 1.807) is 0 Å². The molecular weight excluding hydrogens is 488 g/mol. The van der Waals surface area contributed by atoms with Crippen LogP contribution in [-0.2, 0) is 0 Å². The summed E-state index contributed by atoms with van der Waals surface area (Å²) in [4.78, 5) is 8.77. The van der Waals surface area contributed by atoms with Gasteiger partial charge in [0.05, 0.1) is 0 Å². The maximum Gasteiger partial charge on any atom is 0.0367 e. The number of nitrogens with zero attached hydrogens (tertiary/aromatic N) is 4. The van der Waals surface area contributed by atoms with Gasteiger partial charge in [-0.2, -0.15) is 0 Å². The van der Waals surface area contributed by atoms with Crippen LogP contribution in [0.15, 0.2) is 84.9 Å². The van der Waals surface area contributed by atoms with Crippen molar-refractivity contribution in [3.05, 3.63) is 84.9 Å². The van der Waals surface area contributed by atoms with Gasteiger partial charge in [-0.1, -0.05) is 24.3 Å². The van der Waals surface area contributed by atoms with Crippen LogP contribution in [0, 0.1) is 0 Å². The second-order valence-corrected chi connectivity index (χ2v) is 11.7. The third-order valence-corrected chi connectivity index (χ3v) is 8.16. The quantitative estimate of drug-likeness (QED) is 0.210. The van der Waals surface area contributed by atoms with Gasteiger partial charge >= 0.3 is 0 Å². The summed E-state index contributed by atoms with van der Waals surface area (Å²) in [6.45, 7) is 0. The molecule has 0 amide bonds. The smallest absolute Gasteiger partial charge is 0.0367 e. The molecule has 0 radical (unpaired) electrons. The lowest BCUT2D eigenvalue weighted by Crippen LogP contribution is -2.09. The molecule has 40 heavy (non-hydrogen) atoms. The van der Waals surface area contributed by atoms with Gasteiger partial charge in [-0.15, -0.1) is 0 Å². The summed E-state index contributed by atoms with van der Waals surface area (Å²) in [7, 11) is 16.9. The fourth-order valence-corrected chi connectivity index (χ4v) is 5.82. The first kappa shape index (κ1) is 25.8. The molecule has 0 heterocycles. The molecule has 6 aromatic carbocycles. The summed E-state index contributed by atoms with van der Waals surface area (Å²) >= 11 is 0. The van der Waals surface area contributed by atoms with Crippen LogP contribution in [0.25, 0.3) is 54.2 Å². The van der Waals surface area contributed by atoms with Crippen LogP contribution in [0.2, 0.25) is 0 Å². The van der Waals surface area contributed by atoms with Crippen LogP contribution in [0.3, 0.4) is 0 Å². The van der Waals surface area contributed by atoms with Crippen molar-refractivity contribution in [3.63, 3.8) is 0 Å². The monoisotopic (exact) mass is 526 g/mol. The topological polar surface area (TPSA) is 13.0 Å². The molecule has 0 spiro atoms. The second kappa shape index (κ2) is 9.63. The minimum Gasteiger partial charge on any atom is -0.378 e. The predicted octanol–water partition coefficient (Wildman–Crippen LogP) is 8.23. The van der Waals surface area contributed by atoms with E-state index in [4.69, 9.17) is 0 Å². The van der Waals surface area contributed by atoms with Crippen LogP contribution >= 0.6 is 0 Å². The van der Waals surface area contributed by atoms with Crippen LogP contribution in [0.4, 0.5) is 22.7 Å². The molecule has 0 aliphatic rings. The van der Waals surface area contributed by atoms with Gasteiger partial charge in [0.25, 0.3) is 0 Å². The van der Waals surface area contributed by atoms with Crippen molar-refractivity contribution in [2.45, 2.75) is 0 Å². The van der Waals surface area contributed by atoms with Crippen LogP contribution in [0.1, 0.15) is 0 Å². The molecule has 0 unspecified atom stereocenters. The Morgan fingerprint density at radius 2 is 0.525 bits per heavy atom. The molecule has 0 saturated heterocycles. The Labute approximate surface area is 237 Å². The summed E-state index contributed by atoms with van der Waals surface area (Å²) in [5.74, 6) is 0. The molecule has 0 aliphatic carbocycles. The van der Waals surface area contributed by atoms with Crippen molar-refractivity contribution in [2.24, 2.45) is 0 Å². The number of fused-ring (bicyclic) bond motifs is 4. The zero-order chi connectivity index (χ0) is 28.3. The van der Waals surface area contributed by atoms with Gasteiger partial charge < -0.3 is 19.6 Å². The fourth-order valence-electron chi connectivity index (χ4n) is 5.82.